The van der Waals surface area contributed by atoms with Gasteiger partial charge in [-0.1, -0.05) is 0 Å². The first-order valence-corrected chi connectivity index (χ1v) is 22.4. The third-order valence-electron chi connectivity index (χ3n) is 6.67. The number of nitrogens with zero attached hydrogens (tertiary/aromatic N) is 2. The SMILES string of the molecule is CC(C)c1cccc(C(C)C)c1[N]([Ge][N](c1c(C(C)C)cccc1C(C)C)[Si](C)(C)C)[Si](C)(C)C. The molecular formula is C30H52GeN2Si2. The molecule has 0 aliphatic carbocycles. The molecule has 2 nitrogen and oxygen atoms in total. The van der Waals surface area contributed by atoms with Gasteiger partial charge in [-0.3, -0.25) is 0 Å². The van der Waals surface area contributed by atoms with Crippen LogP contribution >= 0.6 is 0 Å². The van der Waals surface area contributed by atoms with Crippen molar-refractivity contribution in [3.8, 4) is 0 Å². The molecule has 0 atom stereocenters. The monoisotopic (exact) mass is 570 g/mol. The molecule has 0 bridgehead atoms. The first-order valence-electron chi connectivity index (χ1n) is 13.6. The van der Waals surface area contributed by atoms with E-state index in [1.54, 1.807) is 11.4 Å². The predicted octanol–water partition coefficient (Wildman–Crippen LogP) is 9.70. The van der Waals surface area contributed by atoms with Gasteiger partial charge in [-0.15, -0.1) is 0 Å². The van der Waals surface area contributed by atoms with Gasteiger partial charge in [0.05, 0.1) is 0 Å². The van der Waals surface area contributed by atoms with E-state index < -0.39 is 32.3 Å². The van der Waals surface area contributed by atoms with Crippen molar-refractivity contribution in [1.29, 1.82) is 0 Å². The van der Waals surface area contributed by atoms with Crippen molar-refractivity contribution < 1.29 is 0 Å². The van der Waals surface area contributed by atoms with Gasteiger partial charge in [0.1, 0.15) is 0 Å². The van der Waals surface area contributed by atoms with Crippen LogP contribution in [0.1, 0.15) is 101 Å². The third-order valence-corrected chi connectivity index (χ3v) is 21.1. The molecule has 35 heavy (non-hydrogen) atoms. The molecule has 2 aromatic carbocycles. The summed E-state index contributed by atoms with van der Waals surface area (Å²) in [6, 6.07) is 14.2. The van der Waals surface area contributed by atoms with Crippen molar-refractivity contribution in [2.45, 2.75) is 118 Å². The minimum atomic E-state index is -1.68. The van der Waals surface area contributed by atoms with Crippen LogP contribution < -0.4 is 7.05 Å². The average molecular weight is 570 g/mol. The van der Waals surface area contributed by atoms with Crippen LogP contribution in [-0.2, 0) is 0 Å². The number of para-hydroxylation sites is 2. The fourth-order valence-electron chi connectivity index (χ4n) is 4.71. The summed E-state index contributed by atoms with van der Waals surface area (Å²) in [7, 11) is -3.35. The van der Waals surface area contributed by atoms with Gasteiger partial charge in [-0.05, 0) is 0 Å². The van der Waals surface area contributed by atoms with Crippen molar-refractivity contribution in [3.05, 3.63) is 58.7 Å². The van der Waals surface area contributed by atoms with Crippen LogP contribution in [0.15, 0.2) is 36.4 Å². The normalized spacial score (nSPS) is 12.9. The van der Waals surface area contributed by atoms with Gasteiger partial charge in [0.15, 0.2) is 0 Å². The van der Waals surface area contributed by atoms with Crippen molar-refractivity contribution >= 4 is 43.7 Å². The Kier molecular flexibility index (Phi) is 10.0. The molecule has 0 unspecified atom stereocenters. The summed E-state index contributed by atoms with van der Waals surface area (Å²) in [5.41, 5.74) is 9.23. The van der Waals surface area contributed by atoms with Gasteiger partial charge in [0.25, 0.3) is 0 Å². The number of hydrogen-bond acceptors (Lipinski definition) is 2. The second kappa shape index (κ2) is 11.6. The molecule has 2 rings (SSSR count). The summed E-state index contributed by atoms with van der Waals surface area (Å²) in [5, 5.41) is 0. The van der Waals surface area contributed by atoms with Crippen LogP contribution in [0.2, 0.25) is 39.3 Å². The molecule has 2 aromatic rings. The molecule has 194 valence electrons. The zero-order valence-corrected chi connectivity index (χ0v) is 29.3. The number of benzene rings is 2. The Morgan fingerprint density at radius 3 is 0.886 bits per heavy atom. The Morgan fingerprint density at radius 1 is 0.486 bits per heavy atom. The van der Waals surface area contributed by atoms with E-state index in [0.717, 1.165) is 0 Å². The average Bonchev–Trinajstić information content (AvgIpc) is 2.71. The van der Waals surface area contributed by atoms with Crippen molar-refractivity contribution in [3.63, 3.8) is 0 Å². The molecule has 0 saturated carbocycles. The van der Waals surface area contributed by atoms with Gasteiger partial charge < -0.3 is 0 Å². The fraction of sp³-hybridized carbons (Fsp3) is 0.600. The first kappa shape index (κ1) is 30.2. The van der Waals surface area contributed by atoms with E-state index in [2.05, 4.69) is 138 Å². The summed E-state index contributed by atoms with van der Waals surface area (Å²) < 4.78 is 5.97. The quantitative estimate of drug-likeness (QED) is 0.263. The van der Waals surface area contributed by atoms with Gasteiger partial charge in [-0.2, -0.15) is 0 Å². The van der Waals surface area contributed by atoms with E-state index in [4.69, 9.17) is 0 Å². The van der Waals surface area contributed by atoms with E-state index >= 15 is 0 Å². The molecule has 0 saturated heterocycles. The summed E-state index contributed by atoms with van der Waals surface area (Å²) in [5.74, 6) is 2.07. The summed E-state index contributed by atoms with van der Waals surface area (Å²) >= 11 is -0.613. The van der Waals surface area contributed by atoms with Crippen LogP contribution in [0, 0.1) is 0 Å². The van der Waals surface area contributed by atoms with E-state index in [9.17, 15) is 0 Å². The fourth-order valence-corrected chi connectivity index (χ4v) is 14.4. The molecule has 0 spiro atoms. The van der Waals surface area contributed by atoms with Crippen molar-refractivity contribution in [2.24, 2.45) is 0 Å². The maximum absolute atomic E-state index is 2.98. The van der Waals surface area contributed by atoms with E-state index in [1.165, 1.54) is 22.3 Å². The first-order chi connectivity index (χ1) is 16.0. The molecule has 0 aromatic heterocycles. The van der Waals surface area contributed by atoms with Crippen molar-refractivity contribution in [2.75, 3.05) is 7.05 Å². The summed E-state index contributed by atoms with van der Waals surface area (Å²) in [6.07, 6.45) is 0. The van der Waals surface area contributed by atoms with Crippen LogP contribution in [0.4, 0.5) is 11.4 Å². The summed E-state index contributed by atoms with van der Waals surface area (Å²) in [6.45, 7) is 34.3. The van der Waals surface area contributed by atoms with Gasteiger partial charge >= 0.3 is 228 Å². The topological polar surface area (TPSA) is 6.48 Å². The van der Waals surface area contributed by atoms with E-state index in [-0.39, 0.29) is 0 Å². The Labute approximate surface area is 227 Å². The molecule has 5 heteroatoms. The maximum atomic E-state index is 2.98. The molecule has 2 radical (unpaired) electrons. The second-order valence-electron chi connectivity index (χ2n) is 13.3. The molecule has 0 amide bonds. The minimum absolute atomic E-state index is 0.517. The van der Waals surface area contributed by atoms with Gasteiger partial charge in [0, 0.05) is 0 Å². The van der Waals surface area contributed by atoms with E-state index in [1.807, 2.05) is 0 Å². The molecule has 0 heterocycles. The molecular weight excluding hydrogens is 517 g/mol. The third kappa shape index (κ3) is 7.07. The second-order valence-corrected chi connectivity index (χ2v) is 27.1. The number of rotatable bonds is 10. The molecule has 0 aliphatic heterocycles. The Hall–Kier alpha value is -0.983. The molecule has 0 aliphatic rings. The number of hydrogen-bond donors (Lipinski definition) is 0. The zero-order chi connectivity index (χ0) is 26.9. The standard InChI is InChI=1S/C30H52GeN2Si2/c1-21(2)25-17-15-18-26(22(3)4)29(25)32(34(9,10)11)31-33(35(12,13)14)30-27(23(5)6)19-16-20-28(30)24(7)8/h15-24H,1-14H3. The molecule has 0 N–H and O–H groups in total. The Balaban J connectivity index is 2.88. The van der Waals surface area contributed by atoms with Crippen LogP contribution in [-0.4, -0.2) is 32.3 Å². The van der Waals surface area contributed by atoms with Crippen LogP contribution in [0.3, 0.4) is 0 Å². The Morgan fingerprint density at radius 2 is 0.714 bits per heavy atom. The van der Waals surface area contributed by atoms with E-state index in [0.29, 0.717) is 23.7 Å². The predicted molar refractivity (Wildman–Crippen MR) is 167 cm³/mol. The zero-order valence-electron chi connectivity index (χ0n) is 25.2. The van der Waals surface area contributed by atoms with Gasteiger partial charge in [0.2, 0.25) is 0 Å². The molecule has 0 fully saturated rings. The van der Waals surface area contributed by atoms with Crippen molar-refractivity contribution in [1.82, 2.24) is 0 Å². The summed E-state index contributed by atoms with van der Waals surface area (Å²) in [4.78, 5) is 0. The Bertz CT molecular complexity index is 853. The van der Waals surface area contributed by atoms with Crippen LogP contribution in [0.25, 0.3) is 0 Å². The van der Waals surface area contributed by atoms with Crippen LogP contribution in [0.5, 0.6) is 0 Å². The number of anilines is 2. The van der Waals surface area contributed by atoms with Gasteiger partial charge in [-0.25, -0.2) is 0 Å².